The quantitative estimate of drug-likeness (QED) is 0.897. The highest BCUT2D eigenvalue weighted by molar-refractivity contribution is 7.11. The molecule has 0 radical (unpaired) electrons. The fraction of sp³-hybridized carbons (Fsp3) is 0.750. The van der Waals surface area contributed by atoms with Crippen molar-refractivity contribution in [2.24, 2.45) is 5.73 Å². The summed E-state index contributed by atoms with van der Waals surface area (Å²) >= 11 is 1.66. The molecule has 0 spiro atoms. The maximum Gasteiger partial charge on any atom is 0.125 e. The van der Waals surface area contributed by atoms with Gasteiger partial charge in [-0.05, 0) is 26.2 Å². The molecule has 0 bridgehead atoms. The molecule has 96 valence electrons. The molecule has 4 nitrogen and oxygen atoms in total. The molecular formula is C12H20N2O2S. The Hall–Kier alpha value is -0.490. The highest BCUT2D eigenvalue weighted by Gasteiger charge is 2.33. The number of hydrogen-bond donors (Lipinski definition) is 1. The number of thiazole rings is 1. The van der Waals surface area contributed by atoms with Crippen LogP contribution >= 0.6 is 11.3 Å². The maximum atomic E-state index is 5.91. The normalized spacial score (nSPS) is 25.1. The molecule has 2 N–H and O–H groups in total. The molecule has 1 saturated heterocycles. The second-order valence-corrected chi connectivity index (χ2v) is 5.65. The van der Waals surface area contributed by atoms with Crippen LogP contribution in [0.1, 0.15) is 41.8 Å². The highest BCUT2D eigenvalue weighted by atomic mass is 32.1. The Balaban J connectivity index is 2.25. The van der Waals surface area contributed by atoms with Crippen LogP contribution in [0.25, 0.3) is 0 Å². The van der Waals surface area contributed by atoms with Crippen LogP contribution in [-0.4, -0.2) is 18.7 Å². The van der Waals surface area contributed by atoms with Gasteiger partial charge in [-0.2, -0.15) is 0 Å². The first-order valence-corrected chi connectivity index (χ1v) is 6.83. The summed E-state index contributed by atoms with van der Waals surface area (Å²) in [4.78, 5) is 5.76. The molecule has 1 atom stereocenters. The van der Waals surface area contributed by atoms with Gasteiger partial charge in [-0.3, -0.25) is 0 Å². The predicted molar refractivity (Wildman–Crippen MR) is 67.9 cm³/mol. The molecule has 5 heteroatoms. The molecule has 0 amide bonds. The van der Waals surface area contributed by atoms with Gasteiger partial charge in [0.1, 0.15) is 10.6 Å². The number of rotatable bonds is 4. The number of nitrogens with two attached hydrogens (primary N) is 1. The van der Waals surface area contributed by atoms with E-state index in [1.165, 1.54) is 6.42 Å². The van der Waals surface area contributed by atoms with Crippen molar-refractivity contribution in [2.75, 3.05) is 13.7 Å². The average molecular weight is 256 g/mol. The van der Waals surface area contributed by atoms with E-state index in [0.29, 0.717) is 13.2 Å². The minimum atomic E-state index is -0.223. The third kappa shape index (κ3) is 2.68. The van der Waals surface area contributed by atoms with Gasteiger partial charge < -0.3 is 15.2 Å². The van der Waals surface area contributed by atoms with Gasteiger partial charge in [0.25, 0.3) is 0 Å². The van der Waals surface area contributed by atoms with Crippen LogP contribution in [0, 0.1) is 0 Å². The molecule has 0 aliphatic carbocycles. The maximum absolute atomic E-state index is 5.91. The van der Waals surface area contributed by atoms with E-state index >= 15 is 0 Å². The fourth-order valence-corrected chi connectivity index (χ4v) is 3.19. The topological polar surface area (TPSA) is 57.4 Å². The van der Waals surface area contributed by atoms with Crippen molar-refractivity contribution in [1.82, 2.24) is 4.98 Å². The summed E-state index contributed by atoms with van der Waals surface area (Å²) in [6, 6.07) is 0. The molecule has 1 aliphatic heterocycles. The SMILES string of the molecule is COCc1nc(C2(C)CCCCO2)sc1CN. The summed E-state index contributed by atoms with van der Waals surface area (Å²) in [5.41, 5.74) is 6.48. The Morgan fingerprint density at radius 3 is 2.94 bits per heavy atom. The molecule has 1 aromatic rings. The van der Waals surface area contributed by atoms with Crippen molar-refractivity contribution in [1.29, 1.82) is 0 Å². The number of methoxy groups -OCH3 is 1. The minimum absolute atomic E-state index is 0.223. The van der Waals surface area contributed by atoms with E-state index in [9.17, 15) is 0 Å². The Labute approximate surface area is 106 Å². The molecule has 0 saturated carbocycles. The summed E-state index contributed by atoms with van der Waals surface area (Å²) in [5, 5.41) is 1.05. The second-order valence-electron chi connectivity index (χ2n) is 4.56. The van der Waals surface area contributed by atoms with Crippen molar-refractivity contribution in [3.8, 4) is 0 Å². The standard InChI is InChI=1S/C12H20N2O2S/c1-12(5-3-4-6-16-12)11-14-9(8-15-2)10(7-13)17-11/h3-8,13H2,1-2H3. The average Bonchev–Trinajstić information content (AvgIpc) is 2.74. The van der Waals surface area contributed by atoms with Gasteiger partial charge >= 0.3 is 0 Å². The molecule has 1 aliphatic rings. The number of aromatic nitrogens is 1. The van der Waals surface area contributed by atoms with Gasteiger partial charge in [-0.25, -0.2) is 4.98 Å². The Morgan fingerprint density at radius 1 is 1.53 bits per heavy atom. The van der Waals surface area contributed by atoms with Gasteiger partial charge in [-0.15, -0.1) is 11.3 Å². The van der Waals surface area contributed by atoms with Crippen LogP contribution in [0.4, 0.5) is 0 Å². The summed E-state index contributed by atoms with van der Waals surface area (Å²) in [6.07, 6.45) is 3.39. The molecule has 1 fully saturated rings. The third-order valence-electron chi connectivity index (χ3n) is 3.17. The van der Waals surface area contributed by atoms with Crippen LogP contribution in [0.2, 0.25) is 0 Å². The lowest BCUT2D eigenvalue weighted by atomic mass is 9.97. The van der Waals surface area contributed by atoms with Crippen molar-refractivity contribution in [3.63, 3.8) is 0 Å². The highest BCUT2D eigenvalue weighted by Crippen LogP contribution is 2.37. The lowest BCUT2D eigenvalue weighted by Gasteiger charge is -2.31. The van der Waals surface area contributed by atoms with Gasteiger partial charge in [0.05, 0.1) is 12.3 Å². The van der Waals surface area contributed by atoms with Crippen molar-refractivity contribution in [2.45, 2.75) is 44.9 Å². The molecule has 17 heavy (non-hydrogen) atoms. The monoisotopic (exact) mass is 256 g/mol. The van der Waals surface area contributed by atoms with E-state index in [-0.39, 0.29) is 5.60 Å². The first kappa shape index (κ1) is 13.0. The fourth-order valence-electron chi connectivity index (χ4n) is 2.12. The Bertz CT molecular complexity index is 373. The first-order chi connectivity index (χ1) is 8.19. The lowest BCUT2D eigenvalue weighted by Crippen LogP contribution is -2.30. The van der Waals surface area contributed by atoms with Crippen LogP contribution in [-0.2, 0) is 28.2 Å². The minimum Gasteiger partial charge on any atom is -0.378 e. The predicted octanol–water partition coefficient (Wildman–Crippen LogP) is 2.16. The zero-order chi connectivity index (χ0) is 12.3. The molecule has 0 aromatic carbocycles. The zero-order valence-electron chi connectivity index (χ0n) is 10.5. The molecule has 2 rings (SSSR count). The third-order valence-corrected chi connectivity index (χ3v) is 4.53. The molecule has 2 heterocycles. The number of ether oxygens (including phenoxy) is 2. The van der Waals surface area contributed by atoms with Gasteiger partial charge in [0.15, 0.2) is 0 Å². The van der Waals surface area contributed by atoms with Crippen LogP contribution in [0.15, 0.2) is 0 Å². The lowest BCUT2D eigenvalue weighted by molar-refractivity contribution is -0.0703. The van der Waals surface area contributed by atoms with Crippen LogP contribution < -0.4 is 5.73 Å². The van der Waals surface area contributed by atoms with E-state index in [1.807, 2.05) is 0 Å². The molecule has 1 unspecified atom stereocenters. The molecular weight excluding hydrogens is 236 g/mol. The van der Waals surface area contributed by atoms with Crippen molar-refractivity contribution in [3.05, 3.63) is 15.6 Å². The van der Waals surface area contributed by atoms with Gasteiger partial charge in [0.2, 0.25) is 0 Å². The zero-order valence-corrected chi connectivity index (χ0v) is 11.3. The number of hydrogen-bond acceptors (Lipinski definition) is 5. The van der Waals surface area contributed by atoms with E-state index < -0.39 is 0 Å². The molecule has 1 aromatic heterocycles. The second kappa shape index (κ2) is 5.44. The largest absolute Gasteiger partial charge is 0.378 e. The van der Waals surface area contributed by atoms with E-state index in [4.69, 9.17) is 15.2 Å². The van der Waals surface area contributed by atoms with Crippen LogP contribution in [0.5, 0.6) is 0 Å². The summed E-state index contributed by atoms with van der Waals surface area (Å²) in [6.45, 7) is 4.00. The van der Waals surface area contributed by atoms with Gasteiger partial charge in [0, 0.05) is 25.1 Å². The first-order valence-electron chi connectivity index (χ1n) is 6.01. The summed E-state index contributed by atoms with van der Waals surface area (Å²) in [7, 11) is 1.68. The van der Waals surface area contributed by atoms with Crippen LogP contribution in [0.3, 0.4) is 0 Å². The Morgan fingerprint density at radius 2 is 2.35 bits per heavy atom. The van der Waals surface area contributed by atoms with Gasteiger partial charge in [-0.1, -0.05) is 0 Å². The van der Waals surface area contributed by atoms with Crippen molar-refractivity contribution >= 4 is 11.3 Å². The van der Waals surface area contributed by atoms with Crippen molar-refractivity contribution < 1.29 is 9.47 Å². The van der Waals surface area contributed by atoms with E-state index in [0.717, 1.165) is 35.0 Å². The van der Waals surface area contributed by atoms with E-state index in [2.05, 4.69) is 11.9 Å². The summed E-state index contributed by atoms with van der Waals surface area (Å²) in [5.74, 6) is 0. The van der Waals surface area contributed by atoms with E-state index in [1.54, 1.807) is 18.4 Å². The summed E-state index contributed by atoms with van der Waals surface area (Å²) < 4.78 is 11.1. The number of nitrogens with zero attached hydrogens (tertiary/aromatic N) is 1. The smallest absolute Gasteiger partial charge is 0.125 e. The Kier molecular flexibility index (Phi) is 4.14.